The number of hydrogen-bond acceptors (Lipinski definition) is 6. The molecule has 162 valence electrons. The van der Waals surface area contributed by atoms with Gasteiger partial charge in [0.15, 0.2) is 0 Å². The van der Waals surface area contributed by atoms with Gasteiger partial charge in [-0.05, 0) is 69.9 Å². The molecular formula is C23H23NO6S. The number of fused-ring (bicyclic) bond motifs is 3. The maximum Gasteiger partial charge on any atom is 0.339 e. The Balaban J connectivity index is 1.57. The van der Waals surface area contributed by atoms with Crippen LogP contribution in [0.4, 0.5) is 0 Å². The molecule has 3 aromatic rings. The van der Waals surface area contributed by atoms with Crippen LogP contribution in [0.15, 0.2) is 50.5 Å². The zero-order valence-electron chi connectivity index (χ0n) is 17.5. The molecule has 0 amide bonds. The average molecular weight is 442 g/mol. The summed E-state index contributed by atoms with van der Waals surface area (Å²) in [5, 5.41) is 0.845. The molecule has 1 N–H and O–H groups in total. The Labute approximate surface area is 180 Å². The molecule has 0 spiro atoms. The number of nitrogens with one attached hydrogen (secondary N) is 1. The summed E-state index contributed by atoms with van der Waals surface area (Å²) in [6, 6.07) is 8.62. The van der Waals surface area contributed by atoms with Crippen LogP contribution >= 0.6 is 0 Å². The molecule has 1 aliphatic rings. The molecule has 0 aliphatic heterocycles. The quantitative estimate of drug-likeness (QED) is 0.371. The number of hydrogen-bond donors (Lipinski definition) is 1. The van der Waals surface area contributed by atoms with Crippen LogP contribution in [0.25, 0.3) is 11.0 Å². The fourth-order valence-corrected chi connectivity index (χ4v) is 5.03. The summed E-state index contributed by atoms with van der Waals surface area (Å²) < 4.78 is 38.4. The lowest BCUT2D eigenvalue weighted by atomic mass is 10.0. The van der Waals surface area contributed by atoms with Crippen LogP contribution in [0.3, 0.4) is 0 Å². The maximum atomic E-state index is 12.6. The minimum absolute atomic E-state index is 0.0651. The molecule has 4 rings (SSSR count). The Morgan fingerprint density at radius 3 is 2.45 bits per heavy atom. The van der Waals surface area contributed by atoms with E-state index in [2.05, 4.69) is 4.72 Å². The van der Waals surface area contributed by atoms with Crippen LogP contribution in [-0.2, 0) is 27.7 Å². The fraction of sp³-hybridized carbons (Fsp3) is 0.304. The van der Waals surface area contributed by atoms with Gasteiger partial charge in [-0.1, -0.05) is 17.7 Å². The Hall–Kier alpha value is -2.97. The minimum atomic E-state index is -3.88. The van der Waals surface area contributed by atoms with Gasteiger partial charge in [-0.2, -0.15) is 4.72 Å². The van der Waals surface area contributed by atoms with E-state index in [1.54, 1.807) is 31.2 Å². The summed E-state index contributed by atoms with van der Waals surface area (Å²) in [6.45, 7) is 4.97. The van der Waals surface area contributed by atoms with E-state index in [1.807, 2.05) is 6.92 Å². The molecule has 1 heterocycles. The van der Waals surface area contributed by atoms with Crippen molar-refractivity contribution >= 4 is 27.0 Å². The second-order valence-electron chi connectivity index (χ2n) is 7.84. The highest BCUT2D eigenvalue weighted by Crippen LogP contribution is 2.33. The Morgan fingerprint density at radius 2 is 1.74 bits per heavy atom. The van der Waals surface area contributed by atoms with Gasteiger partial charge in [-0.3, -0.25) is 0 Å². The van der Waals surface area contributed by atoms with Crippen molar-refractivity contribution in [2.75, 3.05) is 0 Å². The lowest BCUT2D eigenvalue weighted by Gasteiger charge is -2.15. The van der Waals surface area contributed by atoms with E-state index >= 15 is 0 Å². The third kappa shape index (κ3) is 4.00. The molecule has 1 atom stereocenters. The van der Waals surface area contributed by atoms with Crippen LogP contribution in [0.1, 0.15) is 35.6 Å². The van der Waals surface area contributed by atoms with Gasteiger partial charge in [0.2, 0.25) is 10.0 Å². The van der Waals surface area contributed by atoms with Gasteiger partial charge in [0.1, 0.15) is 17.4 Å². The molecule has 1 aromatic heterocycles. The molecule has 1 unspecified atom stereocenters. The number of esters is 1. The van der Waals surface area contributed by atoms with Crippen molar-refractivity contribution in [1.29, 1.82) is 0 Å². The molecular weight excluding hydrogens is 418 g/mol. The second-order valence-corrected chi connectivity index (χ2v) is 9.56. The van der Waals surface area contributed by atoms with Crippen LogP contribution in [0.2, 0.25) is 0 Å². The van der Waals surface area contributed by atoms with E-state index in [0.29, 0.717) is 17.6 Å². The number of ether oxygens (including phenoxy) is 1. The summed E-state index contributed by atoms with van der Waals surface area (Å²) in [4.78, 5) is 24.9. The van der Waals surface area contributed by atoms with Crippen molar-refractivity contribution in [3.8, 4) is 5.75 Å². The van der Waals surface area contributed by atoms with E-state index < -0.39 is 22.0 Å². The largest absolute Gasteiger partial charge is 0.425 e. The molecule has 0 saturated heterocycles. The van der Waals surface area contributed by atoms with Gasteiger partial charge in [-0.15, -0.1) is 0 Å². The van der Waals surface area contributed by atoms with Crippen LogP contribution in [0, 0.1) is 13.8 Å². The van der Waals surface area contributed by atoms with Gasteiger partial charge in [-0.25, -0.2) is 18.0 Å². The van der Waals surface area contributed by atoms with Crippen LogP contribution in [-0.4, -0.2) is 20.4 Å². The molecule has 0 bridgehead atoms. The van der Waals surface area contributed by atoms with Crippen LogP contribution in [0.5, 0.6) is 5.75 Å². The Morgan fingerprint density at radius 1 is 1.06 bits per heavy atom. The fourth-order valence-electron chi connectivity index (χ4n) is 3.84. The van der Waals surface area contributed by atoms with Crippen molar-refractivity contribution in [3.63, 3.8) is 0 Å². The highest BCUT2D eigenvalue weighted by Gasteiger charge is 2.25. The van der Waals surface area contributed by atoms with Gasteiger partial charge >= 0.3 is 11.6 Å². The van der Waals surface area contributed by atoms with Crippen molar-refractivity contribution in [2.45, 2.75) is 51.0 Å². The number of aryl methyl sites for hydroxylation is 3. The minimum Gasteiger partial charge on any atom is -0.425 e. The predicted molar refractivity (Wildman–Crippen MR) is 116 cm³/mol. The first-order valence-electron chi connectivity index (χ1n) is 10.1. The van der Waals surface area contributed by atoms with Crippen molar-refractivity contribution < 1.29 is 22.4 Å². The normalized spacial score (nSPS) is 14.4. The van der Waals surface area contributed by atoms with Gasteiger partial charge in [0.25, 0.3) is 0 Å². The lowest BCUT2D eigenvalue weighted by molar-refractivity contribution is -0.135. The first-order chi connectivity index (χ1) is 14.7. The average Bonchev–Trinajstić information content (AvgIpc) is 3.21. The topological polar surface area (TPSA) is 103 Å². The predicted octanol–water partition coefficient (Wildman–Crippen LogP) is 3.17. The van der Waals surface area contributed by atoms with E-state index in [-0.39, 0.29) is 16.3 Å². The summed E-state index contributed by atoms with van der Waals surface area (Å²) in [5.41, 5.74) is 3.19. The summed E-state index contributed by atoms with van der Waals surface area (Å²) in [7, 11) is -3.88. The summed E-state index contributed by atoms with van der Waals surface area (Å²) >= 11 is 0. The maximum absolute atomic E-state index is 12.6. The number of benzene rings is 2. The molecule has 1 aliphatic carbocycles. The summed E-state index contributed by atoms with van der Waals surface area (Å²) in [5.74, 6) is -0.540. The SMILES string of the molecule is Cc1ccc(S(=O)(=O)NC(C)C(=O)Oc2ccc3c4c(c(=O)oc3c2C)CCC4)cc1. The molecule has 0 fully saturated rings. The molecule has 8 heteroatoms. The van der Waals surface area contributed by atoms with Crippen molar-refractivity contribution in [3.05, 3.63) is 69.1 Å². The highest BCUT2D eigenvalue weighted by atomic mass is 32.2. The number of rotatable bonds is 5. The highest BCUT2D eigenvalue weighted by molar-refractivity contribution is 7.89. The number of sulfonamides is 1. The van der Waals surface area contributed by atoms with E-state index in [4.69, 9.17) is 9.15 Å². The number of carbonyl (C=O) groups excluding carboxylic acids is 1. The second kappa shape index (κ2) is 7.94. The monoisotopic (exact) mass is 441 g/mol. The molecule has 7 nitrogen and oxygen atoms in total. The van der Waals surface area contributed by atoms with Crippen molar-refractivity contribution in [1.82, 2.24) is 4.72 Å². The third-order valence-corrected chi connectivity index (χ3v) is 7.12. The summed E-state index contributed by atoms with van der Waals surface area (Å²) in [6.07, 6.45) is 2.43. The smallest absolute Gasteiger partial charge is 0.339 e. The molecule has 0 saturated carbocycles. The standard InChI is InChI=1S/C23H23NO6S/c1-13-7-9-16(10-8-13)31(27,28)24-15(3)22(25)29-20-12-11-18-17-5-4-6-19(17)23(26)30-21(18)14(20)2/h7-12,15,24H,4-6H2,1-3H3. The third-order valence-electron chi connectivity index (χ3n) is 5.57. The Kier molecular flexibility index (Phi) is 5.45. The van der Waals surface area contributed by atoms with E-state index in [9.17, 15) is 18.0 Å². The first-order valence-corrected chi connectivity index (χ1v) is 11.5. The van der Waals surface area contributed by atoms with Gasteiger partial charge in [0, 0.05) is 16.5 Å². The molecule has 2 aromatic carbocycles. The van der Waals surface area contributed by atoms with E-state index in [0.717, 1.165) is 34.9 Å². The van der Waals surface area contributed by atoms with E-state index in [1.165, 1.54) is 19.1 Å². The molecule has 0 radical (unpaired) electrons. The molecule has 31 heavy (non-hydrogen) atoms. The zero-order chi connectivity index (χ0) is 22.3. The van der Waals surface area contributed by atoms with Gasteiger partial charge in [0.05, 0.1) is 4.90 Å². The number of carbonyl (C=O) groups is 1. The zero-order valence-corrected chi connectivity index (χ0v) is 18.3. The van der Waals surface area contributed by atoms with Gasteiger partial charge < -0.3 is 9.15 Å². The van der Waals surface area contributed by atoms with Crippen LogP contribution < -0.4 is 15.1 Å². The lowest BCUT2D eigenvalue weighted by Crippen LogP contribution is -2.40. The first kappa shape index (κ1) is 21.3. The van der Waals surface area contributed by atoms with Crippen molar-refractivity contribution in [2.24, 2.45) is 0 Å². The Bertz CT molecular complexity index is 1340.